The molecule has 150 valence electrons. The van der Waals surface area contributed by atoms with Gasteiger partial charge in [-0.05, 0) is 97.7 Å². The fourth-order valence-corrected chi connectivity index (χ4v) is 8.00. The number of aliphatic hydroxyl groups is 1. The highest BCUT2D eigenvalue weighted by molar-refractivity contribution is 5.09. The molecule has 0 heterocycles. The fraction of sp³-hybridized carbons (Fsp3) is 1.00. The van der Waals surface area contributed by atoms with Crippen molar-refractivity contribution in [2.24, 2.45) is 46.3 Å². The third kappa shape index (κ3) is 2.89. The number of ether oxygens (including phenoxy) is 1. The average Bonchev–Trinajstić information content (AvgIpc) is 2.89. The summed E-state index contributed by atoms with van der Waals surface area (Å²) >= 11 is 0. The summed E-state index contributed by atoms with van der Waals surface area (Å²) in [5.41, 5.74) is 0.989. The van der Waals surface area contributed by atoms with Crippen molar-refractivity contribution in [3.63, 3.8) is 0 Å². The standard InChI is InChI=1S/C24H42O2/c1-15(2)14-26-22-13-24(5)17(12-21(22)25)7-8-18-19-9-6-16(3)23(19,4)11-10-20(18)24/h15-22,25H,6-14H2,1-5H3/t16-,17+,18+,19+,20+,21+,22+,23-,24+/m1/s1. The van der Waals surface area contributed by atoms with Crippen molar-refractivity contribution < 1.29 is 9.84 Å². The second-order valence-corrected chi connectivity index (χ2v) is 11.5. The van der Waals surface area contributed by atoms with Crippen molar-refractivity contribution >= 4 is 0 Å². The molecule has 0 spiro atoms. The summed E-state index contributed by atoms with van der Waals surface area (Å²) in [7, 11) is 0. The number of rotatable bonds is 3. The van der Waals surface area contributed by atoms with E-state index in [1.165, 1.54) is 38.5 Å². The summed E-state index contributed by atoms with van der Waals surface area (Å²) in [5, 5.41) is 10.7. The SMILES string of the molecule is CC(C)CO[C@H]1C[C@@]2(C)[C@@H](CC[C@@H]3[C@@H]2CC[C@]2(C)[C@H](C)CC[C@@H]32)C[C@@H]1O. The van der Waals surface area contributed by atoms with Crippen LogP contribution < -0.4 is 0 Å². The first-order valence-corrected chi connectivity index (χ1v) is 11.6. The van der Waals surface area contributed by atoms with Gasteiger partial charge in [0.2, 0.25) is 0 Å². The minimum absolute atomic E-state index is 0.0632. The molecule has 26 heavy (non-hydrogen) atoms. The number of aliphatic hydroxyl groups excluding tert-OH is 1. The lowest BCUT2D eigenvalue weighted by atomic mass is 9.44. The molecule has 0 aliphatic heterocycles. The molecule has 2 nitrogen and oxygen atoms in total. The monoisotopic (exact) mass is 362 g/mol. The van der Waals surface area contributed by atoms with Gasteiger partial charge in [-0.3, -0.25) is 0 Å². The van der Waals surface area contributed by atoms with E-state index in [0.29, 0.717) is 22.7 Å². The smallest absolute Gasteiger partial charge is 0.0839 e. The van der Waals surface area contributed by atoms with E-state index in [1.807, 2.05) is 0 Å². The van der Waals surface area contributed by atoms with Crippen LogP contribution in [0.15, 0.2) is 0 Å². The Morgan fingerprint density at radius 2 is 1.73 bits per heavy atom. The van der Waals surface area contributed by atoms with Crippen LogP contribution in [0.5, 0.6) is 0 Å². The second kappa shape index (κ2) is 6.76. The summed E-state index contributed by atoms with van der Waals surface area (Å²) in [6.45, 7) is 12.9. The zero-order valence-corrected chi connectivity index (χ0v) is 17.8. The molecule has 0 bridgehead atoms. The Balaban J connectivity index is 1.55. The quantitative estimate of drug-likeness (QED) is 0.700. The molecule has 4 saturated carbocycles. The Kier molecular flexibility index (Phi) is 5.01. The van der Waals surface area contributed by atoms with E-state index in [0.717, 1.165) is 43.1 Å². The highest BCUT2D eigenvalue weighted by Crippen LogP contribution is 2.67. The van der Waals surface area contributed by atoms with Crippen molar-refractivity contribution in [1.29, 1.82) is 0 Å². The first-order chi connectivity index (χ1) is 12.3. The molecule has 4 rings (SSSR count). The molecule has 4 fully saturated rings. The molecule has 0 aromatic heterocycles. The van der Waals surface area contributed by atoms with Crippen molar-refractivity contribution in [2.45, 2.75) is 98.2 Å². The first-order valence-electron chi connectivity index (χ1n) is 11.6. The van der Waals surface area contributed by atoms with Gasteiger partial charge in [0.15, 0.2) is 0 Å². The van der Waals surface area contributed by atoms with E-state index < -0.39 is 0 Å². The van der Waals surface area contributed by atoms with E-state index in [4.69, 9.17) is 4.74 Å². The summed E-state index contributed by atoms with van der Waals surface area (Å²) in [6.07, 6.45) is 10.4. The van der Waals surface area contributed by atoms with Crippen LogP contribution in [-0.4, -0.2) is 23.9 Å². The van der Waals surface area contributed by atoms with E-state index in [1.54, 1.807) is 0 Å². The molecule has 0 radical (unpaired) electrons. The Morgan fingerprint density at radius 1 is 1.00 bits per heavy atom. The zero-order valence-electron chi connectivity index (χ0n) is 17.8. The van der Waals surface area contributed by atoms with Crippen LogP contribution in [-0.2, 0) is 4.74 Å². The minimum atomic E-state index is -0.247. The summed E-state index contributed by atoms with van der Waals surface area (Å²) < 4.78 is 6.22. The lowest BCUT2D eigenvalue weighted by molar-refractivity contribution is -0.173. The van der Waals surface area contributed by atoms with Crippen LogP contribution in [0, 0.1) is 46.3 Å². The number of fused-ring (bicyclic) bond motifs is 5. The Morgan fingerprint density at radius 3 is 2.46 bits per heavy atom. The molecular weight excluding hydrogens is 320 g/mol. The predicted octanol–water partition coefficient (Wildman–Crippen LogP) is 5.68. The molecule has 2 heteroatoms. The number of hydrogen-bond donors (Lipinski definition) is 1. The van der Waals surface area contributed by atoms with E-state index >= 15 is 0 Å². The lowest BCUT2D eigenvalue weighted by Crippen LogP contribution is -2.57. The van der Waals surface area contributed by atoms with Gasteiger partial charge in [0, 0.05) is 6.61 Å². The fourth-order valence-electron chi connectivity index (χ4n) is 8.00. The van der Waals surface area contributed by atoms with Crippen molar-refractivity contribution in [3.05, 3.63) is 0 Å². The van der Waals surface area contributed by atoms with Gasteiger partial charge < -0.3 is 9.84 Å². The van der Waals surface area contributed by atoms with Crippen LogP contribution >= 0.6 is 0 Å². The van der Waals surface area contributed by atoms with Crippen LogP contribution in [0.4, 0.5) is 0 Å². The summed E-state index contributed by atoms with van der Waals surface area (Å²) in [6, 6.07) is 0. The van der Waals surface area contributed by atoms with Crippen LogP contribution in [0.2, 0.25) is 0 Å². The molecule has 4 aliphatic carbocycles. The minimum Gasteiger partial charge on any atom is -0.390 e. The van der Waals surface area contributed by atoms with Gasteiger partial charge in [0.1, 0.15) is 0 Å². The molecule has 0 aromatic carbocycles. The van der Waals surface area contributed by atoms with Gasteiger partial charge in [-0.25, -0.2) is 0 Å². The van der Waals surface area contributed by atoms with Crippen molar-refractivity contribution in [2.75, 3.05) is 6.61 Å². The Hall–Kier alpha value is -0.0800. The lowest BCUT2D eigenvalue weighted by Gasteiger charge is -2.61. The van der Waals surface area contributed by atoms with Crippen molar-refractivity contribution in [3.8, 4) is 0 Å². The Labute approximate surface area is 161 Å². The third-order valence-corrected chi connectivity index (χ3v) is 9.78. The topological polar surface area (TPSA) is 29.5 Å². The molecule has 0 amide bonds. The first kappa shape index (κ1) is 19.2. The molecule has 9 atom stereocenters. The van der Waals surface area contributed by atoms with E-state index in [2.05, 4.69) is 34.6 Å². The van der Waals surface area contributed by atoms with Gasteiger partial charge in [-0.15, -0.1) is 0 Å². The molecule has 0 aromatic rings. The van der Waals surface area contributed by atoms with Gasteiger partial charge in [0.25, 0.3) is 0 Å². The van der Waals surface area contributed by atoms with Crippen LogP contribution in [0.1, 0.15) is 86.0 Å². The molecule has 1 N–H and O–H groups in total. The van der Waals surface area contributed by atoms with Crippen LogP contribution in [0.3, 0.4) is 0 Å². The zero-order chi connectivity index (χ0) is 18.7. The average molecular weight is 363 g/mol. The van der Waals surface area contributed by atoms with Gasteiger partial charge in [-0.1, -0.05) is 34.6 Å². The largest absolute Gasteiger partial charge is 0.390 e. The molecule has 0 unspecified atom stereocenters. The van der Waals surface area contributed by atoms with Gasteiger partial charge in [0.05, 0.1) is 12.2 Å². The third-order valence-electron chi connectivity index (χ3n) is 9.78. The Bertz CT molecular complexity index is 516. The van der Waals surface area contributed by atoms with E-state index in [-0.39, 0.29) is 12.2 Å². The molecular formula is C24H42O2. The van der Waals surface area contributed by atoms with Gasteiger partial charge in [-0.2, -0.15) is 0 Å². The predicted molar refractivity (Wildman–Crippen MR) is 107 cm³/mol. The van der Waals surface area contributed by atoms with E-state index in [9.17, 15) is 5.11 Å². The molecule has 0 saturated heterocycles. The number of hydrogen-bond acceptors (Lipinski definition) is 2. The normalized spacial score (nSPS) is 53.9. The maximum absolute atomic E-state index is 10.7. The molecule has 4 aliphatic rings. The second-order valence-electron chi connectivity index (χ2n) is 11.5. The summed E-state index contributed by atoms with van der Waals surface area (Å²) in [4.78, 5) is 0. The highest BCUT2D eigenvalue weighted by Gasteiger charge is 2.60. The maximum atomic E-state index is 10.7. The van der Waals surface area contributed by atoms with Crippen molar-refractivity contribution in [1.82, 2.24) is 0 Å². The van der Waals surface area contributed by atoms with Crippen LogP contribution in [0.25, 0.3) is 0 Å². The summed E-state index contributed by atoms with van der Waals surface area (Å²) in [5.74, 6) is 4.91. The maximum Gasteiger partial charge on any atom is 0.0839 e. The van der Waals surface area contributed by atoms with Gasteiger partial charge >= 0.3 is 0 Å². The highest BCUT2D eigenvalue weighted by atomic mass is 16.5.